The molecule has 2 nitrogen and oxygen atoms in total. The number of halogens is 2. The van der Waals surface area contributed by atoms with Gasteiger partial charge in [-0.1, -0.05) is 25.8 Å². The maximum absolute atomic E-state index is 13.3. The molecular weight excluding hydrogens is 260 g/mol. The third-order valence-electron chi connectivity index (χ3n) is 4.63. The van der Waals surface area contributed by atoms with Gasteiger partial charge in [0, 0.05) is 12.1 Å². The fourth-order valence-corrected chi connectivity index (χ4v) is 3.56. The van der Waals surface area contributed by atoms with Gasteiger partial charge in [-0.2, -0.15) is 0 Å². The average molecular weight is 281 g/mol. The molecule has 4 heteroatoms. The Balaban J connectivity index is 1.67. The zero-order chi connectivity index (χ0) is 14.2. The summed E-state index contributed by atoms with van der Waals surface area (Å²) in [7, 11) is 0. The highest BCUT2D eigenvalue weighted by molar-refractivity contribution is 5.21. The van der Waals surface area contributed by atoms with Gasteiger partial charge >= 0.3 is 0 Å². The monoisotopic (exact) mass is 281 g/mol. The minimum Gasteiger partial charge on any atom is -0.370 e. The largest absolute Gasteiger partial charge is 0.370 e. The summed E-state index contributed by atoms with van der Waals surface area (Å²) in [6.45, 7) is 3.60. The number of nitrogens with one attached hydrogen (secondary N) is 1. The van der Waals surface area contributed by atoms with Gasteiger partial charge in [0.05, 0.1) is 12.7 Å². The van der Waals surface area contributed by atoms with E-state index in [-0.39, 0.29) is 11.6 Å². The number of benzene rings is 1. The lowest BCUT2D eigenvalue weighted by Crippen LogP contribution is -2.57. The first-order valence-corrected chi connectivity index (χ1v) is 7.40. The molecule has 0 amide bonds. The molecule has 0 radical (unpaired) electrons. The second-order valence-electron chi connectivity index (χ2n) is 6.34. The van der Waals surface area contributed by atoms with Crippen molar-refractivity contribution in [2.24, 2.45) is 5.92 Å². The zero-order valence-electron chi connectivity index (χ0n) is 11.8. The molecule has 3 unspecified atom stereocenters. The highest BCUT2D eigenvalue weighted by Crippen LogP contribution is 2.36. The van der Waals surface area contributed by atoms with Gasteiger partial charge in [-0.25, -0.2) is 8.78 Å². The summed E-state index contributed by atoms with van der Waals surface area (Å²) >= 11 is 0. The Morgan fingerprint density at radius 2 is 2.15 bits per heavy atom. The van der Waals surface area contributed by atoms with E-state index in [9.17, 15) is 8.78 Å². The Hall–Kier alpha value is -1.00. The molecule has 3 atom stereocenters. The Bertz CT molecular complexity index is 483. The number of hydrogen-bond donors (Lipinski definition) is 1. The fraction of sp³-hybridized carbons (Fsp3) is 0.625. The van der Waals surface area contributed by atoms with Crippen LogP contribution in [0.1, 0.15) is 44.3 Å². The van der Waals surface area contributed by atoms with Crippen LogP contribution in [0, 0.1) is 17.6 Å². The van der Waals surface area contributed by atoms with E-state index in [4.69, 9.17) is 4.74 Å². The van der Waals surface area contributed by atoms with Crippen molar-refractivity contribution in [3.63, 3.8) is 0 Å². The van der Waals surface area contributed by atoms with Crippen LogP contribution < -0.4 is 5.32 Å². The fourth-order valence-electron chi connectivity index (χ4n) is 3.56. The summed E-state index contributed by atoms with van der Waals surface area (Å²) < 4.78 is 32.2. The zero-order valence-corrected chi connectivity index (χ0v) is 11.8. The minimum absolute atomic E-state index is 0.0900. The molecule has 1 heterocycles. The van der Waals surface area contributed by atoms with Gasteiger partial charge in [-0.3, -0.25) is 0 Å². The van der Waals surface area contributed by atoms with Crippen LogP contribution in [0.5, 0.6) is 0 Å². The molecule has 2 fully saturated rings. The summed E-state index contributed by atoms with van der Waals surface area (Å²) in [6, 6.07) is 4.01. The molecule has 1 N–H and O–H groups in total. The van der Waals surface area contributed by atoms with Gasteiger partial charge in [-0.15, -0.1) is 0 Å². The lowest BCUT2D eigenvalue weighted by Gasteiger charge is -2.45. The summed E-state index contributed by atoms with van der Waals surface area (Å²) in [6.07, 6.45) is 4.61. The van der Waals surface area contributed by atoms with Crippen LogP contribution in [0.25, 0.3) is 0 Å². The Labute approximate surface area is 118 Å². The van der Waals surface area contributed by atoms with Crippen molar-refractivity contribution < 1.29 is 13.5 Å². The predicted octanol–water partition coefficient (Wildman–Crippen LogP) is 3.57. The second kappa shape index (κ2) is 5.41. The maximum atomic E-state index is 13.3. The van der Waals surface area contributed by atoms with E-state index in [1.807, 2.05) is 0 Å². The van der Waals surface area contributed by atoms with E-state index in [1.54, 1.807) is 6.07 Å². The highest BCUT2D eigenvalue weighted by Gasteiger charge is 2.39. The lowest BCUT2D eigenvalue weighted by atomic mass is 9.76. The molecule has 1 aromatic carbocycles. The van der Waals surface area contributed by atoms with Gasteiger partial charge in [-0.05, 0) is 36.5 Å². The van der Waals surface area contributed by atoms with Crippen LogP contribution in [0.15, 0.2) is 18.2 Å². The molecule has 0 bridgehead atoms. The van der Waals surface area contributed by atoms with Crippen LogP contribution in [-0.4, -0.2) is 18.7 Å². The predicted molar refractivity (Wildman–Crippen MR) is 73.4 cm³/mol. The quantitative estimate of drug-likeness (QED) is 0.849. The van der Waals surface area contributed by atoms with Crippen molar-refractivity contribution in [3.05, 3.63) is 35.4 Å². The van der Waals surface area contributed by atoms with E-state index in [1.165, 1.54) is 25.0 Å². The number of ether oxygens (including phenoxy) is 1. The van der Waals surface area contributed by atoms with E-state index < -0.39 is 11.6 Å². The van der Waals surface area contributed by atoms with E-state index in [2.05, 4.69) is 12.2 Å². The van der Waals surface area contributed by atoms with Gasteiger partial charge in [0.2, 0.25) is 0 Å². The molecule has 1 aromatic rings. The Morgan fingerprint density at radius 1 is 1.30 bits per heavy atom. The molecule has 0 aromatic heterocycles. The normalized spacial score (nSPS) is 34.4. The molecule has 1 spiro atoms. The lowest BCUT2D eigenvalue weighted by molar-refractivity contribution is -0.0528. The van der Waals surface area contributed by atoms with E-state index in [0.717, 1.165) is 18.8 Å². The standard InChI is InChI=1S/C16H21F2NO/c1-11-3-2-6-16(8-11)10-20-15(9-19-16)12-4-5-13(17)14(18)7-12/h4-5,7,11,15,19H,2-3,6,8-10H2,1H3. The first kappa shape index (κ1) is 14.0. The molecule has 3 rings (SSSR count). The van der Waals surface area contributed by atoms with E-state index >= 15 is 0 Å². The average Bonchev–Trinajstić information content (AvgIpc) is 2.43. The van der Waals surface area contributed by atoms with Crippen LogP contribution in [-0.2, 0) is 4.74 Å². The van der Waals surface area contributed by atoms with Gasteiger partial charge in [0.1, 0.15) is 0 Å². The molecule has 1 saturated carbocycles. The van der Waals surface area contributed by atoms with Crippen LogP contribution in [0.2, 0.25) is 0 Å². The molecule has 2 aliphatic rings. The molecule has 20 heavy (non-hydrogen) atoms. The SMILES string of the molecule is CC1CCCC2(COC(c3ccc(F)c(F)c3)CN2)C1. The van der Waals surface area contributed by atoms with Crippen LogP contribution in [0.4, 0.5) is 8.78 Å². The first-order valence-electron chi connectivity index (χ1n) is 7.40. The molecule has 1 aliphatic carbocycles. The summed E-state index contributed by atoms with van der Waals surface area (Å²) in [5.41, 5.74) is 0.794. The van der Waals surface area contributed by atoms with Gasteiger partial charge in [0.15, 0.2) is 11.6 Å². The van der Waals surface area contributed by atoms with Gasteiger partial charge < -0.3 is 10.1 Å². The summed E-state index contributed by atoms with van der Waals surface area (Å²) in [4.78, 5) is 0. The van der Waals surface area contributed by atoms with Crippen LogP contribution in [0.3, 0.4) is 0 Å². The Kier molecular flexibility index (Phi) is 3.78. The molecular formula is C16H21F2NO. The number of hydrogen-bond acceptors (Lipinski definition) is 2. The van der Waals surface area contributed by atoms with E-state index in [0.29, 0.717) is 18.7 Å². The van der Waals surface area contributed by atoms with Crippen molar-refractivity contribution >= 4 is 0 Å². The first-order chi connectivity index (χ1) is 9.58. The third-order valence-corrected chi connectivity index (χ3v) is 4.63. The number of morpholine rings is 1. The smallest absolute Gasteiger partial charge is 0.159 e. The van der Waals surface area contributed by atoms with Crippen molar-refractivity contribution in [3.8, 4) is 0 Å². The molecule has 110 valence electrons. The van der Waals surface area contributed by atoms with Crippen molar-refractivity contribution in [1.29, 1.82) is 0 Å². The van der Waals surface area contributed by atoms with Gasteiger partial charge in [0.25, 0.3) is 0 Å². The highest BCUT2D eigenvalue weighted by atomic mass is 19.2. The van der Waals surface area contributed by atoms with Crippen LogP contribution >= 0.6 is 0 Å². The van der Waals surface area contributed by atoms with Crippen molar-refractivity contribution in [2.75, 3.05) is 13.2 Å². The topological polar surface area (TPSA) is 21.3 Å². The second-order valence-corrected chi connectivity index (χ2v) is 6.34. The molecule has 1 saturated heterocycles. The van der Waals surface area contributed by atoms with Crippen molar-refractivity contribution in [2.45, 2.75) is 44.2 Å². The summed E-state index contributed by atoms with van der Waals surface area (Å²) in [5.74, 6) is -0.896. The maximum Gasteiger partial charge on any atom is 0.159 e. The Morgan fingerprint density at radius 3 is 2.80 bits per heavy atom. The molecule has 1 aliphatic heterocycles. The third kappa shape index (κ3) is 2.72. The minimum atomic E-state index is -0.810. The number of rotatable bonds is 1. The van der Waals surface area contributed by atoms with Crippen molar-refractivity contribution in [1.82, 2.24) is 5.32 Å². The summed E-state index contributed by atoms with van der Waals surface area (Å²) in [5, 5.41) is 3.61.